The van der Waals surface area contributed by atoms with Crippen molar-refractivity contribution in [2.75, 3.05) is 18.4 Å². The smallest absolute Gasteiger partial charge is 0.269 e. The van der Waals surface area contributed by atoms with Crippen LogP contribution in [0.1, 0.15) is 27.7 Å². The summed E-state index contributed by atoms with van der Waals surface area (Å²) in [5, 5.41) is 22.6. The second kappa shape index (κ2) is 9.42. The van der Waals surface area contributed by atoms with Crippen molar-refractivity contribution in [1.29, 1.82) is 5.26 Å². The fourth-order valence-electron chi connectivity index (χ4n) is 2.30. The Bertz CT molecular complexity index is 663. The molecule has 1 aromatic carbocycles. The highest BCUT2D eigenvalue weighted by Gasteiger charge is 2.14. The summed E-state index contributed by atoms with van der Waals surface area (Å²) in [5.74, 6) is 0.259. The predicted octanol–water partition coefficient (Wildman–Crippen LogP) is 3.55. The molecule has 0 aliphatic carbocycles. The normalized spacial score (nSPS) is 11.3. The molecule has 0 aliphatic heterocycles. The maximum Gasteiger partial charge on any atom is 0.269 e. The van der Waals surface area contributed by atoms with E-state index >= 15 is 0 Å². The minimum absolute atomic E-state index is 0.000322. The fraction of sp³-hybridized carbons (Fsp3) is 0.444. The van der Waals surface area contributed by atoms with Crippen molar-refractivity contribution < 1.29 is 9.72 Å². The molecule has 0 radical (unpaired) electrons. The van der Waals surface area contributed by atoms with Crippen LogP contribution in [-0.2, 0) is 4.79 Å². The molecule has 0 spiro atoms. The summed E-state index contributed by atoms with van der Waals surface area (Å²) >= 11 is 0. The molecule has 0 aliphatic rings. The molecule has 0 fully saturated rings. The van der Waals surface area contributed by atoms with E-state index in [0.29, 0.717) is 17.5 Å². The number of anilines is 1. The Hall–Kier alpha value is -2.88. The number of rotatable bonds is 8. The Balaban J connectivity index is 2.90. The van der Waals surface area contributed by atoms with Gasteiger partial charge in [-0.2, -0.15) is 5.26 Å². The van der Waals surface area contributed by atoms with Gasteiger partial charge in [0.15, 0.2) is 0 Å². The average Bonchev–Trinajstić information content (AvgIpc) is 2.51. The fourth-order valence-corrected chi connectivity index (χ4v) is 2.30. The Labute approximate surface area is 148 Å². The third-order valence-corrected chi connectivity index (χ3v) is 3.21. The molecule has 7 nitrogen and oxygen atoms in total. The number of nitro benzene ring substituents is 1. The van der Waals surface area contributed by atoms with E-state index in [0.717, 1.165) is 13.1 Å². The third-order valence-electron chi connectivity index (χ3n) is 3.21. The van der Waals surface area contributed by atoms with Gasteiger partial charge in [-0.25, -0.2) is 0 Å². The largest absolute Gasteiger partial charge is 0.376 e. The maximum absolute atomic E-state index is 12.3. The van der Waals surface area contributed by atoms with Crippen LogP contribution in [0.5, 0.6) is 0 Å². The molecule has 7 heteroatoms. The lowest BCUT2D eigenvalue weighted by Gasteiger charge is -2.25. The predicted molar refractivity (Wildman–Crippen MR) is 96.7 cm³/mol. The van der Waals surface area contributed by atoms with E-state index in [1.807, 2.05) is 11.0 Å². The number of amides is 1. The molecule has 134 valence electrons. The molecule has 0 saturated heterocycles. The third kappa shape index (κ3) is 7.04. The highest BCUT2D eigenvalue weighted by molar-refractivity contribution is 6.06. The van der Waals surface area contributed by atoms with Crippen LogP contribution in [-0.4, -0.2) is 28.8 Å². The molecule has 0 atom stereocenters. The zero-order valence-electron chi connectivity index (χ0n) is 15.0. The Kier molecular flexibility index (Phi) is 7.60. The number of carbonyl (C=O) groups excluding carboxylic acids is 1. The number of nitrogens with one attached hydrogen (secondary N) is 1. The van der Waals surface area contributed by atoms with Gasteiger partial charge in [-0.3, -0.25) is 14.9 Å². The van der Waals surface area contributed by atoms with Gasteiger partial charge < -0.3 is 10.2 Å². The van der Waals surface area contributed by atoms with Crippen molar-refractivity contribution in [1.82, 2.24) is 4.90 Å². The number of nitro groups is 1. The maximum atomic E-state index is 12.3. The molecule has 1 rings (SSSR count). The topological polar surface area (TPSA) is 99.3 Å². The van der Waals surface area contributed by atoms with E-state index in [2.05, 4.69) is 33.0 Å². The first-order valence-electron chi connectivity index (χ1n) is 8.14. The molecular formula is C18H24N4O3. The Morgan fingerprint density at radius 1 is 1.24 bits per heavy atom. The molecular weight excluding hydrogens is 320 g/mol. The summed E-state index contributed by atoms with van der Waals surface area (Å²) in [6.45, 7) is 9.78. The lowest BCUT2D eigenvalue weighted by Crippen LogP contribution is -2.28. The van der Waals surface area contributed by atoms with Crippen LogP contribution in [0, 0.1) is 33.3 Å². The number of hydrogen-bond acceptors (Lipinski definition) is 5. The summed E-state index contributed by atoms with van der Waals surface area (Å²) in [4.78, 5) is 24.4. The van der Waals surface area contributed by atoms with Crippen molar-refractivity contribution in [2.24, 2.45) is 11.8 Å². The van der Waals surface area contributed by atoms with Gasteiger partial charge in [-0.15, -0.1) is 0 Å². The van der Waals surface area contributed by atoms with Gasteiger partial charge in [0.05, 0.1) is 4.92 Å². The van der Waals surface area contributed by atoms with Crippen molar-refractivity contribution in [2.45, 2.75) is 27.7 Å². The average molecular weight is 344 g/mol. The number of hydrogen-bond donors (Lipinski definition) is 1. The molecule has 25 heavy (non-hydrogen) atoms. The monoisotopic (exact) mass is 344 g/mol. The van der Waals surface area contributed by atoms with Crippen LogP contribution in [0.4, 0.5) is 11.4 Å². The van der Waals surface area contributed by atoms with E-state index in [-0.39, 0.29) is 11.3 Å². The van der Waals surface area contributed by atoms with Crippen LogP contribution < -0.4 is 5.32 Å². The van der Waals surface area contributed by atoms with Gasteiger partial charge in [0, 0.05) is 37.1 Å². The van der Waals surface area contributed by atoms with Crippen molar-refractivity contribution >= 4 is 17.3 Å². The van der Waals surface area contributed by atoms with Gasteiger partial charge in [0.25, 0.3) is 11.6 Å². The molecule has 1 N–H and O–H groups in total. The van der Waals surface area contributed by atoms with Crippen LogP contribution in [0.3, 0.4) is 0 Å². The van der Waals surface area contributed by atoms with Crippen LogP contribution in [0.25, 0.3) is 0 Å². The first kappa shape index (κ1) is 20.2. The van der Waals surface area contributed by atoms with Gasteiger partial charge in [-0.1, -0.05) is 27.7 Å². The zero-order chi connectivity index (χ0) is 19.0. The minimum Gasteiger partial charge on any atom is -0.376 e. The highest BCUT2D eigenvalue weighted by Crippen LogP contribution is 2.16. The van der Waals surface area contributed by atoms with Crippen LogP contribution in [0.15, 0.2) is 36.0 Å². The van der Waals surface area contributed by atoms with Crippen molar-refractivity contribution in [3.05, 3.63) is 46.2 Å². The summed E-state index contributed by atoms with van der Waals surface area (Å²) < 4.78 is 0. The van der Waals surface area contributed by atoms with Gasteiger partial charge in [-0.05, 0) is 24.0 Å². The first-order chi connectivity index (χ1) is 11.7. The summed E-state index contributed by atoms with van der Waals surface area (Å²) in [6.07, 6.45) is 1.58. The molecule has 0 heterocycles. The lowest BCUT2D eigenvalue weighted by atomic mass is 10.1. The second-order valence-corrected chi connectivity index (χ2v) is 6.65. The van der Waals surface area contributed by atoms with E-state index in [4.69, 9.17) is 0 Å². The summed E-state index contributed by atoms with van der Waals surface area (Å²) in [7, 11) is 0. The quantitative estimate of drug-likeness (QED) is 0.336. The highest BCUT2D eigenvalue weighted by atomic mass is 16.6. The molecule has 0 bridgehead atoms. The number of nitriles is 1. The summed E-state index contributed by atoms with van der Waals surface area (Å²) in [5.41, 5.74) is 0.338. The lowest BCUT2D eigenvalue weighted by molar-refractivity contribution is -0.384. The van der Waals surface area contributed by atoms with Gasteiger partial charge >= 0.3 is 0 Å². The standard InChI is InChI=1S/C18H24N4O3/c1-13(2)10-21(11-14(3)4)12-15(9-19)18(23)20-16-5-7-17(8-6-16)22(24)25/h5-8,12-14H,10-11H2,1-4H3,(H,20,23)/b15-12-. The number of non-ortho nitro benzene ring substituents is 1. The second-order valence-electron chi connectivity index (χ2n) is 6.65. The van der Waals surface area contributed by atoms with Crippen molar-refractivity contribution in [3.8, 4) is 6.07 Å². The molecule has 0 saturated carbocycles. The van der Waals surface area contributed by atoms with Crippen LogP contribution in [0.2, 0.25) is 0 Å². The van der Waals surface area contributed by atoms with Crippen molar-refractivity contribution in [3.63, 3.8) is 0 Å². The Morgan fingerprint density at radius 3 is 2.16 bits per heavy atom. The SMILES string of the molecule is CC(C)CN(/C=C(/C#N)C(=O)Nc1ccc([N+](=O)[O-])cc1)CC(C)C. The molecule has 1 amide bonds. The number of carbonyl (C=O) groups is 1. The molecule has 0 aromatic heterocycles. The number of nitrogens with zero attached hydrogens (tertiary/aromatic N) is 3. The van der Waals surface area contributed by atoms with Gasteiger partial charge in [0.1, 0.15) is 11.6 Å². The number of benzene rings is 1. The minimum atomic E-state index is -0.533. The van der Waals surface area contributed by atoms with E-state index in [1.165, 1.54) is 24.3 Å². The van der Waals surface area contributed by atoms with E-state index in [1.54, 1.807) is 6.20 Å². The Morgan fingerprint density at radius 2 is 1.76 bits per heavy atom. The first-order valence-corrected chi connectivity index (χ1v) is 8.14. The van der Waals surface area contributed by atoms with E-state index in [9.17, 15) is 20.2 Å². The summed E-state index contributed by atoms with van der Waals surface area (Å²) in [6, 6.07) is 7.40. The van der Waals surface area contributed by atoms with Crippen LogP contribution >= 0.6 is 0 Å². The molecule has 0 unspecified atom stereocenters. The zero-order valence-corrected chi connectivity index (χ0v) is 15.0. The molecule has 1 aromatic rings. The van der Waals surface area contributed by atoms with Gasteiger partial charge in [0.2, 0.25) is 0 Å². The van der Waals surface area contributed by atoms with E-state index < -0.39 is 10.8 Å².